The topological polar surface area (TPSA) is 12.0 Å². The molecule has 1 N–H and O–H groups in total. The average Bonchev–Trinajstić information content (AvgIpc) is 2.54. The van der Waals surface area contributed by atoms with Gasteiger partial charge in [-0.3, -0.25) is 0 Å². The summed E-state index contributed by atoms with van der Waals surface area (Å²) < 4.78 is 1.27. The Kier molecular flexibility index (Phi) is 3.47. The molecule has 0 spiro atoms. The maximum absolute atomic E-state index is 3.64. The third-order valence-electron chi connectivity index (χ3n) is 3.20. The predicted molar refractivity (Wildman–Crippen MR) is 68.0 cm³/mol. The van der Waals surface area contributed by atoms with E-state index in [4.69, 9.17) is 0 Å². The normalized spacial score (nSPS) is 24.2. The number of nitrogens with one attached hydrogen (secondary N) is 1. The fourth-order valence-electron chi connectivity index (χ4n) is 2.44. The summed E-state index contributed by atoms with van der Waals surface area (Å²) in [5.74, 6) is 0.713. The Morgan fingerprint density at radius 3 is 3.00 bits per heavy atom. The number of hydrogen-bond donors (Lipinski definition) is 1. The van der Waals surface area contributed by atoms with E-state index in [9.17, 15) is 0 Å². The summed E-state index contributed by atoms with van der Waals surface area (Å²) in [5, 5.41) is 3.64. The molecular weight excluding hydrogens is 250 g/mol. The zero-order valence-corrected chi connectivity index (χ0v) is 11.0. The largest absolute Gasteiger partial charge is 0.310 e. The number of benzene rings is 1. The molecule has 0 radical (unpaired) electrons. The summed E-state index contributed by atoms with van der Waals surface area (Å²) in [6.45, 7) is 5.66. The highest BCUT2D eigenvalue weighted by Crippen LogP contribution is 2.39. The van der Waals surface area contributed by atoms with E-state index in [0.717, 1.165) is 6.54 Å². The smallest absolute Gasteiger partial charge is 0.0352 e. The van der Waals surface area contributed by atoms with Gasteiger partial charge in [-0.05, 0) is 42.5 Å². The van der Waals surface area contributed by atoms with E-state index in [0.29, 0.717) is 12.0 Å². The molecule has 82 valence electrons. The van der Waals surface area contributed by atoms with E-state index in [1.54, 1.807) is 0 Å². The van der Waals surface area contributed by atoms with E-state index in [1.165, 1.54) is 28.4 Å². The van der Waals surface area contributed by atoms with Crippen LogP contribution in [0.5, 0.6) is 0 Å². The standard InChI is InChI=1S/C13H18BrN/c1-3-7-15-13-9(2)8-11-10(13)5-4-6-12(11)14/h4-6,9,13,15H,3,7-8H2,1-2H3. The van der Waals surface area contributed by atoms with Gasteiger partial charge in [0.25, 0.3) is 0 Å². The van der Waals surface area contributed by atoms with Gasteiger partial charge in [0.1, 0.15) is 0 Å². The van der Waals surface area contributed by atoms with Gasteiger partial charge in [0.2, 0.25) is 0 Å². The zero-order chi connectivity index (χ0) is 10.8. The third kappa shape index (κ3) is 2.11. The van der Waals surface area contributed by atoms with E-state index < -0.39 is 0 Å². The van der Waals surface area contributed by atoms with Crippen LogP contribution < -0.4 is 5.32 Å². The van der Waals surface area contributed by atoms with Crippen molar-refractivity contribution in [3.63, 3.8) is 0 Å². The summed E-state index contributed by atoms with van der Waals surface area (Å²) in [6, 6.07) is 7.10. The number of fused-ring (bicyclic) bond motifs is 1. The first-order chi connectivity index (χ1) is 7.24. The lowest BCUT2D eigenvalue weighted by atomic mass is 10.0. The summed E-state index contributed by atoms with van der Waals surface area (Å²) in [7, 11) is 0. The second-order valence-corrected chi connectivity index (χ2v) is 5.28. The molecule has 0 saturated heterocycles. The van der Waals surface area contributed by atoms with Crippen molar-refractivity contribution in [3.05, 3.63) is 33.8 Å². The van der Waals surface area contributed by atoms with E-state index in [1.807, 2.05) is 0 Å². The Morgan fingerprint density at radius 2 is 2.27 bits per heavy atom. The molecule has 1 aromatic rings. The molecule has 2 rings (SSSR count). The Morgan fingerprint density at radius 1 is 1.47 bits per heavy atom. The monoisotopic (exact) mass is 267 g/mol. The van der Waals surface area contributed by atoms with Gasteiger partial charge in [0.15, 0.2) is 0 Å². The van der Waals surface area contributed by atoms with Crippen LogP contribution in [0.1, 0.15) is 37.4 Å². The molecule has 1 aliphatic carbocycles. The molecule has 0 bridgehead atoms. The third-order valence-corrected chi connectivity index (χ3v) is 3.94. The lowest BCUT2D eigenvalue weighted by Crippen LogP contribution is -2.24. The predicted octanol–water partition coefficient (Wildman–Crippen LogP) is 3.68. The first-order valence-corrected chi connectivity index (χ1v) is 6.54. The molecular formula is C13H18BrN. The van der Waals surface area contributed by atoms with Crippen LogP contribution in [-0.4, -0.2) is 6.54 Å². The van der Waals surface area contributed by atoms with Crippen LogP contribution in [0.15, 0.2) is 22.7 Å². The van der Waals surface area contributed by atoms with Crippen LogP contribution in [0.3, 0.4) is 0 Å². The Balaban J connectivity index is 2.25. The van der Waals surface area contributed by atoms with Crippen LogP contribution in [-0.2, 0) is 6.42 Å². The van der Waals surface area contributed by atoms with Crippen molar-refractivity contribution >= 4 is 15.9 Å². The van der Waals surface area contributed by atoms with Crippen molar-refractivity contribution in [3.8, 4) is 0 Å². The second kappa shape index (κ2) is 4.67. The van der Waals surface area contributed by atoms with Gasteiger partial charge in [-0.15, -0.1) is 0 Å². The Labute approximate surface area is 100 Å². The lowest BCUT2D eigenvalue weighted by molar-refractivity contribution is 0.417. The molecule has 0 fully saturated rings. The van der Waals surface area contributed by atoms with Crippen molar-refractivity contribution in [2.24, 2.45) is 5.92 Å². The maximum atomic E-state index is 3.64. The molecule has 0 aromatic heterocycles. The maximum Gasteiger partial charge on any atom is 0.0352 e. The van der Waals surface area contributed by atoms with Crippen molar-refractivity contribution < 1.29 is 0 Å². The van der Waals surface area contributed by atoms with Gasteiger partial charge >= 0.3 is 0 Å². The minimum absolute atomic E-state index is 0.553. The number of hydrogen-bond acceptors (Lipinski definition) is 1. The molecule has 1 aromatic carbocycles. The number of rotatable bonds is 3. The van der Waals surface area contributed by atoms with Gasteiger partial charge < -0.3 is 5.32 Å². The van der Waals surface area contributed by atoms with Gasteiger partial charge in [-0.1, -0.05) is 41.9 Å². The van der Waals surface area contributed by atoms with Crippen LogP contribution in [0.25, 0.3) is 0 Å². The summed E-state index contributed by atoms with van der Waals surface area (Å²) in [6.07, 6.45) is 2.39. The lowest BCUT2D eigenvalue weighted by Gasteiger charge is -2.18. The van der Waals surface area contributed by atoms with Crippen molar-refractivity contribution in [1.29, 1.82) is 0 Å². The summed E-state index contributed by atoms with van der Waals surface area (Å²) in [4.78, 5) is 0. The second-order valence-electron chi connectivity index (χ2n) is 4.42. The quantitative estimate of drug-likeness (QED) is 0.881. The summed E-state index contributed by atoms with van der Waals surface area (Å²) in [5.41, 5.74) is 2.99. The molecule has 0 heterocycles. The van der Waals surface area contributed by atoms with Gasteiger partial charge in [0.05, 0.1) is 0 Å². The number of halogens is 1. The van der Waals surface area contributed by atoms with Crippen molar-refractivity contribution in [1.82, 2.24) is 5.32 Å². The highest BCUT2D eigenvalue weighted by molar-refractivity contribution is 9.10. The SMILES string of the molecule is CCCNC1c2cccc(Br)c2CC1C. The van der Waals surface area contributed by atoms with E-state index in [-0.39, 0.29) is 0 Å². The zero-order valence-electron chi connectivity index (χ0n) is 9.39. The Bertz CT molecular complexity index is 348. The van der Waals surface area contributed by atoms with E-state index >= 15 is 0 Å². The highest BCUT2D eigenvalue weighted by Gasteiger charge is 2.29. The molecule has 0 saturated carbocycles. The van der Waals surface area contributed by atoms with Crippen LogP contribution in [0.2, 0.25) is 0 Å². The minimum Gasteiger partial charge on any atom is -0.310 e. The molecule has 0 amide bonds. The van der Waals surface area contributed by atoms with Gasteiger partial charge in [0, 0.05) is 10.5 Å². The average molecular weight is 268 g/mol. The van der Waals surface area contributed by atoms with Crippen LogP contribution in [0.4, 0.5) is 0 Å². The molecule has 0 aliphatic heterocycles. The van der Waals surface area contributed by atoms with Gasteiger partial charge in [-0.2, -0.15) is 0 Å². The fraction of sp³-hybridized carbons (Fsp3) is 0.538. The molecule has 2 heteroatoms. The minimum atomic E-state index is 0.553. The molecule has 2 atom stereocenters. The first-order valence-electron chi connectivity index (χ1n) is 5.74. The molecule has 2 unspecified atom stereocenters. The van der Waals surface area contributed by atoms with E-state index in [2.05, 4.69) is 53.3 Å². The fourth-order valence-corrected chi connectivity index (χ4v) is 2.98. The molecule has 15 heavy (non-hydrogen) atoms. The van der Waals surface area contributed by atoms with Crippen LogP contribution in [0, 0.1) is 5.92 Å². The van der Waals surface area contributed by atoms with Crippen LogP contribution >= 0.6 is 15.9 Å². The van der Waals surface area contributed by atoms with Crippen molar-refractivity contribution in [2.75, 3.05) is 6.54 Å². The summed E-state index contributed by atoms with van der Waals surface area (Å²) >= 11 is 3.64. The van der Waals surface area contributed by atoms with Crippen molar-refractivity contribution in [2.45, 2.75) is 32.7 Å². The Hall–Kier alpha value is -0.340. The van der Waals surface area contributed by atoms with Gasteiger partial charge in [-0.25, -0.2) is 0 Å². The highest BCUT2D eigenvalue weighted by atomic mass is 79.9. The molecule has 1 aliphatic rings. The first kappa shape index (κ1) is 11.2. The molecule has 1 nitrogen and oxygen atoms in total.